The lowest BCUT2D eigenvalue weighted by molar-refractivity contribution is -0.112. The molecule has 0 atom stereocenters. The Kier molecular flexibility index (Phi) is 6.37. The van der Waals surface area contributed by atoms with Gasteiger partial charge in [-0.15, -0.1) is 0 Å². The SMILES string of the molecule is Cc1ccc2c(c1)C(=NNC(N)=O)C(=O)N2CCCN(C(C)C)C(C)C. The van der Waals surface area contributed by atoms with Crippen LogP contribution in [0.5, 0.6) is 0 Å². The molecule has 0 spiro atoms. The Bertz CT molecular complexity index is 704. The summed E-state index contributed by atoms with van der Waals surface area (Å²) in [6.45, 7) is 12.2. The molecule has 0 aliphatic carbocycles. The van der Waals surface area contributed by atoms with Crippen LogP contribution in [0.3, 0.4) is 0 Å². The number of nitrogens with two attached hydrogens (primary N) is 1. The van der Waals surface area contributed by atoms with Gasteiger partial charge in [-0.25, -0.2) is 10.2 Å². The maximum Gasteiger partial charge on any atom is 0.332 e. The van der Waals surface area contributed by atoms with Crippen molar-refractivity contribution in [3.8, 4) is 0 Å². The van der Waals surface area contributed by atoms with Crippen LogP contribution in [-0.2, 0) is 4.79 Å². The van der Waals surface area contributed by atoms with E-state index in [2.05, 4.69) is 43.1 Å². The number of primary amides is 1. The van der Waals surface area contributed by atoms with Crippen molar-refractivity contribution in [3.05, 3.63) is 29.3 Å². The molecule has 1 heterocycles. The third kappa shape index (κ3) is 4.40. The van der Waals surface area contributed by atoms with Gasteiger partial charge in [-0.3, -0.25) is 9.69 Å². The largest absolute Gasteiger partial charge is 0.350 e. The number of urea groups is 1. The summed E-state index contributed by atoms with van der Waals surface area (Å²) in [5.74, 6) is -0.208. The molecule has 0 aromatic heterocycles. The van der Waals surface area contributed by atoms with Gasteiger partial charge in [-0.05, 0) is 53.2 Å². The summed E-state index contributed by atoms with van der Waals surface area (Å²) in [4.78, 5) is 27.9. The molecular formula is C19H29N5O2. The Morgan fingerprint density at radius 3 is 2.50 bits per heavy atom. The first kappa shape index (κ1) is 19.9. The molecule has 7 heteroatoms. The van der Waals surface area contributed by atoms with Gasteiger partial charge in [0, 0.05) is 30.7 Å². The molecule has 1 aliphatic heterocycles. The molecule has 7 nitrogen and oxygen atoms in total. The first-order chi connectivity index (χ1) is 12.2. The summed E-state index contributed by atoms with van der Waals surface area (Å²) in [6.07, 6.45) is 0.853. The number of aryl methyl sites for hydroxylation is 1. The molecule has 0 fully saturated rings. The van der Waals surface area contributed by atoms with Gasteiger partial charge in [-0.1, -0.05) is 11.6 Å². The van der Waals surface area contributed by atoms with Gasteiger partial charge < -0.3 is 10.6 Å². The maximum atomic E-state index is 12.8. The third-order valence-electron chi connectivity index (χ3n) is 4.55. The van der Waals surface area contributed by atoms with E-state index in [0.29, 0.717) is 18.6 Å². The van der Waals surface area contributed by atoms with Crippen LogP contribution in [-0.4, -0.2) is 47.7 Å². The summed E-state index contributed by atoms with van der Waals surface area (Å²) in [7, 11) is 0. The van der Waals surface area contributed by atoms with Crippen molar-refractivity contribution in [2.45, 2.75) is 53.1 Å². The molecule has 0 saturated heterocycles. The van der Waals surface area contributed by atoms with E-state index in [1.807, 2.05) is 25.1 Å². The van der Waals surface area contributed by atoms with Crippen molar-refractivity contribution in [2.75, 3.05) is 18.0 Å². The topological polar surface area (TPSA) is 91.0 Å². The average Bonchev–Trinajstić information content (AvgIpc) is 2.79. The fraction of sp³-hybridized carbons (Fsp3) is 0.526. The summed E-state index contributed by atoms with van der Waals surface area (Å²) in [6, 6.07) is 5.93. The molecule has 1 aromatic rings. The lowest BCUT2D eigenvalue weighted by Gasteiger charge is -2.31. The molecular weight excluding hydrogens is 330 g/mol. The quantitative estimate of drug-likeness (QED) is 0.731. The summed E-state index contributed by atoms with van der Waals surface area (Å²) >= 11 is 0. The van der Waals surface area contributed by atoms with Gasteiger partial charge in [0.2, 0.25) is 0 Å². The van der Waals surface area contributed by atoms with Gasteiger partial charge >= 0.3 is 6.03 Å². The number of amides is 3. The zero-order chi connectivity index (χ0) is 19.4. The molecule has 142 valence electrons. The third-order valence-corrected chi connectivity index (χ3v) is 4.55. The number of nitrogens with one attached hydrogen (secondary N) is 1. The number of hydrogen-bond acceptors (Lipinski definition) is 4. The van der Waals surface area contributed by atoms with Crippen LogP contribution in [0.25, 0.3) is 0 Å². The fourth-order valence-corrected chi connectivity index (χ4v) is 3.39. The second kappa shape index (κ2) is 8.31. The van der Waals surface area contributed by atoms with Gasteiger partial charge in [0.25, 0.3) is 5.91 Å². The minimum Gasteiger partial charge on any atom is -0.350 e. The molecule has 0 saturated carbocycles. The van der Waals surface area contributed by atoms with Crippen LogP contribution in [0.2, 0.25) is 0 Å². The molecule has 0 radical (unpaired) electrons. The summed E-state index contributed by atoms with van der Waals surface area (Å²) < 4.78 is 0. The van der Waals surface area contributed by atoms with Gasteiger partial charge in [0.05, 0.1) is 5.69 Å². The van der Waals surface area contributed by atoms with Crippen molar-refractivity contribution < 1.29 is 9.59 Å². The molecule has 2 rings (SSSR count). The van der Waals surface area contributed by atoms with Gasteiger partial charge in [-0.2, -0.15) is 5.10 Å². The first-order valence-electron chi connectivity index (χ1n) is 9.04. The monoisotopic (exact) mass is 359 g/mol. The lowest BCUT2D eigenvalue weighted by Crippen LogP contribution is -2.40. The number of nitrogens with zero attached hydrogens (tertiary/aromatic N) is 3. The average molecular weight is 359 g/mol. The number of carbonyl (C=O) groups excluding carboxylic acids is 2. The maximum absolute atomic E-state index is 12.8. The molecule has 1 aliphatic rings. The van der Waals surface area contributed by atoms with E-state index in [0.717, 1.165) is 29.8 Å². The lowest BCUT2D eigenvalue weighted by atomic mass is 10.1. The standard InChI is InChI=1S/C19H29N5O2/c1-12(2)23(13(3)4)9-6-10-24-16-8-7-14(5)11-15(16)17(18(24)25)21-22-19(20)26/h7-8,11-13H,6,9-10H2,1-5H3,(H3,20,22,26). The number of benzene rings is 1. The molecule has 3 amide bonds. The van der Waals surface area contributed by atoms with Crippen molar-refractivity contribution in [3.63, 3.8) is 0 Å². The number of fused-ring (bicyclic) bond motifs is 1. The molecule has 26 heavy (non-hydrogen) atoms. The van der Waals surface area contributed by atoms with Crippen LogP contribution < -0.4 is 16.1 Å². The predicted octanol–water partition coefficient (Wildman–Crippen LogP) is 2.22. The highest BCUT2D eigenvalue weighted by atomic mass is 16.2. The van der Waals surface area contributed by atoms with Crippen molar-refractivity contribution >= 4 is 23.3 Å². The number of hydrogen-bond donors (Lipinski definition) is 2. The molecule has 1 aromatic carbocycles. The highest BCUT2D eigenvalue weighted by molar-refractivity contribution is 6.54. The Morgan fingerprint density at radius 2 is 1.92 bits per heavy atom. The molecule has 3 N–H and O–H groups in total. The van der Waals surface area contributed by atoms with Crippen LogP contribution in [0, 0.1) is 6.92 Å². The van der Waals surface area contributed by atoms with Gasteiger partial charge in [0.1, 0.15) is 0 Å². The van der Waals surface area contributed by atoms with E-state index in [1.165, 1.54) is 0 Å². The van der Waals surface area contributed by atoms with Crippen LogP contribution >= 0.6 is 0 Å². The second-order valence-corrected chi connectivity index (χ2v) is 7.19. The van der Waals surface area contributed by atoms with Crippen molar-refractivity contribution in [1.82, 2.24) is 10.3 Å². The Hall–Kier alpha value is -2.41. The Labute approximate surface area is 155 Å². The zero-order valence-electron chi connectivity index (χ0n) is 16.2. The van der Waals surface area contributed by atoms with E-state index >= 15 is 0 Å². The number of anilines is 1. The van der Waals surface area contributed by atoms with Crippen molar-refractivity contribution in [1.29, 1.82) is 0 Å². The molecule has 0 bridgehead atoms. The number of carbonyl (C=O) groups is 2. The Balaban J connectivity index is 2.18. The molecule has 0 unspecified atom stereocenters. The van der Waals surface area contributed by atoms with E-state index in [1.54, 1.807) is 4.90 Å². The van der Waals surface area contributed by atoms with Crippen LogP contribution in [0.4, 0.5) is 10.5 Å². The van der Waals surface area contributed by atoms with Crippen molar-refractivity contribution in [2.24, 2.45) is 10.8 Å². The van der Waals surface area contributed by atoms with E-state index in [9.17, 15) is 9.59 Å². The van der Waals surface area contributed by atoms with E-state index in [4.69, 9.17) is 5.73 Å². The van der Waals surface area contributed by atoms with Crippen LogP contribution in [0.15, 0.2) is 23.3 Å². The Morgan fingerprint density at radius 1 is 1.27 bits per heavy atom. The van der Waals surface area contributed by atoms with E-state index in [-0.39, 0.29) is 11.6 Å². The summed E-state index contributed by atoms with van der Waals surface area (Å²) in [5.41, 5.74) is 10.1. The van der Waals surface area contributed by atoms with Crippen LogP contribution in [0.1, 0.15) is 45.2 Å². The normalized spacial score (nSPS) is 15.5. The fourth-order valence-electron chi connectivity index (χ4n) is 3.39. The van der Waals surface area contributed by atoms with Gasteiger partial charge in [0.15, 0.2) is 5.71 Å². The summed E-state index contributed by atoms with van der Waals surface area (Å²) in [5, 5.41) is 3.93. The highest BCUT2D eigenvalue weighted by Gasteiger charge is 2.34. The minimum absolute atomic E-state index is 0.208. The minimum atomic E-state index is -0.789. The second-order valence-electron chi connectivity index (χ2n) is 7.19. The number of rotatable bonds is 7. The number of hydrazone groups is 1. The van der Waals surface area contributed by atoms with E-state index < -0.39 is 6.03 Å². The smallest absolute Gasteiger partial charge is 0.332 e. The zero-order valence-corrected chi connectivity index (χ0v) is 16.2. The predicted molar refractivity (Wildman–Crippen MR) is 104 cm³/mol. The first-order valence-corrected chi connectivity index (χ1v) is 9.04. The highest BCUT2D eigenvalue weighted by Crippen LogP contribution is 2.30.